The van der Waals surface area contributed by atoms with Crippen LogP contribution in [0.1, 0.15) is 69.5 Å². The Bertz CT molecular complexity index is 1000. The van der Waals surface area contributed by atoms with E-state index in [9.17, 15) is 0 Å². The van der Waals surface area contributed by atoms with E-state index in [0.717, 1.165) is 22.8 Å². The fraction of sp³-hybridized carbons (Fsp3) is 0.440. The predicted molar refractivity (Wildman–Crippen MR) is 112 cm³/mol. The van der Waals surface area contributed by atoms with Gasteiger partial charge in [0.25, 0.3) is 0 Å². The SMILES string of the molecule is CCCC[C@H]1c2nc(-c3ccc4ccccc4n3)ccc2[C@H]2C[C@@H]1C2(C)C. The van der Waals surface area contributed by atoms with Crippen LogP contribution in [0, 0.1) is 11.3 Å². The normalized spacial score (nSPS) is 25.1. The predicted octanol–water partition coefficient (Wildman–Crippen LogP) is 6.71. The summed E-state index contributed by atoms with van der Waals surface area (Å²) < 4.78 is 0. The Balaban J connectivity index is 1.59. The largest absolute Gasteiger partial charge is 0.251 e. The Morgan fingerprint density at radius 2 is 1.74 bits per heavy atom. The van der Waals surface area contributed by atoms with Crippen LogP contribution in [0.5, 0.6) is 0 Å². The third-order valence-electron chi connectivity index (χ3n) is 7.24. The first-order chi connectivity index (χ1) is 13.1. The fourth-order valence-electron chi connectivity index (χ4n) is 5.55. The van der Waals surface area contributed by atoms with Crippen molar-refractivity contribution in [2.45, 2.75) is 58.3 Å². The minimum absolute atomic E-state index is 0.426. The monoisotopic (exact) mass is 356 g/mol. The number of fused-ring (bicyclic) bond motifs is 1. The Hall–Kier alpha value is -2.22. The zero-order chi connectivity index (χ0) is 18.6. The standard InChI is InChI=1S/C25H28N2/c1-4-5-9-17-19-15-20(25(19,2)3)18-12-14-23(27-24(17)18)22-13-11-16-8-6-7-10-21(16)26-22/h6-8,10-14,17,19-20H,4-5,9,15H2,1-3H3/t17-,19+,20-/m1/s1. The van der Waals surface area contributed by atoms with E-state index in [0.29, 0.717) is 17.3 Å². The van der Waals surface area contributed by atoms with E-state index in [4.69, 9.17) is 9.97 Å². The Morgan fingerprint density at radius 1 is 0.963 bits per heavy atom. The van der Waals surface area contributed by atoms with Gasteiger partial charge in [0.15, 0.2) is 0 Å². The summed E-state index contributed by atoms with van der Waals surface area (Å²) in [4.78, 5) is 10.1. The van der Waals surface area contributed by atoms with E-state index >= 15 is 0 Å². The highest BCUT2D eigenvalue weighted by molar-refractivity contribution is 5.81. The number of para-hydroxylation sites is 1. The maximum absolute atomic E-state index is 5.21. The molecule has 1 aromatic carbocycles. The van der Waals surface area contributed by atoms with Crippen LogP contribution in [0.25, 0.3) is 22.3 Å². The van der Waals surface area contributed by atoms with Crippen molar-refractivity contribution in [2.75, 3.05) is 0 Å². The summed E-state index contributed by atoms with van der Waals surface area (Å²) in [7, 11) is 0. The van der Waals surface area contributed by atoms with Crippen LogP contribution in [0.2, 0.25) is 0 Å². The molecule has 3 aliphatic rings. The summed E-state index contributed by atoms with van der Waals surface area (Å²) in [6.07, 6.45) is 5.17. The highest BCUT2D eigenvalue weighted by atomic mass is 14.8. The second-order valence-corrected chi connectivity index (χ2v) is 9.03. The molecule has 2 nitrogen and oxygen atoms in total. The summed E-state index contributed by atoms with van der Waals surface area (Å²) in [5.74, 6) is 2.08. The molecule has 138 valence electrons. The van der Waals surface area contributed by atoms with Crippen LogP contribution >= 0.6 is 0 Å². The van der Waals surface area contributed by atoms with Gasteiger partial charge in [-0.05, 0) is 53.9 Å². The number of hydrogen-bond acceptors (Lipinski definition) is 2. The van der Waals surface area contributed by atoms with Gasteiger partial charge in [-0.15, -0.1) is 0 Å². The number of pyridine rings is 2. The van der Waals surface area contributed by atoms with Crippen LogP contribution < -0.4 is 0 Å². The van der Waals surface area contributed by atoms with Gasteiger partial charge in [-0.25, -0.2) is 4.98 Å². The van der Waals surface area contributed by atoms with Gasteiger partial charge < -0.3 is 0 Å². The summed E-state index contributed by atoms with van der Waals surface area (Å²) >= 11 is 0. The van der Waals surface area contributed by atoms with Crippen LogP contribution in [0.4, 0.5) is 0 Å². The average Bonchev–Trinajstić information content (AvgIpc) is 2.70. The molecule has 2 heteroatoms. The number of benzene rings is 1. The first-order valence-electron chi connectivity index (χ1n) is 10.5. The number of rotatable bonds is 4. The van der Waals surface area contributed by atoms with Crippen molar-refractivity contribution < 1.29 is 0 Å². The van der Waals surface area contributed by atoms with Gasteiger partial charge in [0, 0.05) is 17.0 Å². The number of aromatic nitrogens is 2. The van der Waals surface area contributed by atoms with Crippen LogP contribution in [0.15, 0.2) is 48.5 Å². The van der Waals surface area contributed by atoms with Gasteiger partial charge >= 0.3 is 0 Å². The second-order valence-electron chi connectivity index (χ2n) is 9.03. The summed E-state index contributed by atoms with van der Waals surface area (Å²) in [5, 5.41) is 1.18. The molecule has 0 aliphatic heterocycles. The van der Waals surface area contributed by atoms with Crippen molar-refractivity contribution >= 4 is 10.9 Å². The van der Waals surface area contributed by atoms with Gasteiger partial charge in [-0.3, -0.25) is 4.98 Å². The Kier molecular flexibility index (Phi) is 3.86. The van der Waals surface area contributed by atoms with Gasteiger partial charge in [0.2, 0.25) is 0 Å². The molecular weight excluding hydrogens is 328 g/mol. The summed E-state index contributed by atoms with van der Waals surface area (Å²) in [6, 6.07) is 17.1. The van der Waals surface area contributed by atoms with Crippen molar-refractivity contribution in [3.8, 4) is 11.4 Å². The van der Waals surface area contributed by atoms with Crippen molar-refractivity contribution in [2.24, 2.45) is 11.3 Å². The maximum atomic E-state index is 5.21. The lowest BCUT2D eigenvalue weighted by Gasteiger charge is -2.60. The lowest BCUT2D eigenvalue weighted by Crippen LogP contribution is -2.50. The first-order valence-corrected chi connectivity index (χ1v) is 10.5. The summed E-state index contributed by atoms with van der Waals surface area (Å²) in [5.41, 5.74) is 6.37. The van der Waals surface area contributed by atoms with E-state index in [1.165, 1.54) is 42.3 Å². The quantitative estimate of drug-likeness (QED) is 0.519. The molecule has 0 amide bonds. The van der Waals surface area contributed by atoms with Gasteiger partial charge in [0.1, 0.15) is 0 Å². The molecule has 2 aromatic heterocycles. The molecule has 3 atom stereocenters. The minimum Gasteiger partial charge on any atom is -0.251 e. The zero-order valence-corrected chi connectivity index (χ0v) is 16.6. The molecule has 3 aromatic rings. The van der Waals surface area contributed by atoms with E-state index in [-0.39, 0.29) is 0 Å². The topological polar surface area (TPSA) is 25.8 Å². The lowest BCUT2D eigenvalue weighted by atomic mass is 9.44. The zero-order valence-electron chi connectivity index (χ0n) is 16.6. The Morgan fingerprint density at radius 3 is 2.56 bits per heavy atom. The molecule has 0 saturated heterocycles. The van der Waals surface area contributed by atoms with Crippen molar-refractivity contribution in [3.63, 3.8) is 0 Å². The van der Waals surface area contributed by atoms with Gasteiger partial charge in [-0.1, -0.05) is 63.9 Å². The fourth-order valence-corrected chi connectivity index (χ4v) is 5.55. The number of unbranched alkanes of at least 4 members (excludes halogenated alkanes) is 1. The molecule has 1 fully saturated rings. The Labute approximate surface area is 162 Å². The van der Waals surface area contributed by atoms with Gasteiger partial charge in [0.05, 0.1) is 16.9 Å². The molecule has 6 rings (SSSR count). The van der Waals surface area contributed by atoms with Crippen molar-refractivity contribution in [3.05, 3.63) is 59.8 Å². The molecule has 1 saturated carbocycles. The molecule has 0 radical (unpaired) electrons. The minimum atomic E-state index is 0.426. The third kappa shape index (κ3) is 2.53. The molecule has 2 heterocycles. The molecular formula is C25H28N2. The van der Waals surface area contributed by atoms with Crippen LogP contribution in [0.3, 0.4) is 0 Å². The highest BCUT2D eigenvalue weighted by Gasteiger charge is 2.57. The van der Waals surface area contributed by atoms with Gasteiger partial charge in [-0.2, -0.15) is 0 Å². The summed E-state index contributed by atoms with van der Waals surface area (Å²) in [6.45, 7) is 7.22. The maximum Gasteiger partial charge on any atom is 0.0894 e. The number of hydrogen-bond donors (Lipinski definition) is 0. The molecule has 0 unspecified atom stereocenters. The third-order valence-corrected chi connectivity index (χ3v) is 7.24. The van der Waals surface area contributed by atoms with Crippen molar-refractivity contribution in [1.82, 2.24) is 9.97 Å². The molecule has 2 bridgehead atoms. The van der Waals surface area contributed by atoms with Crippen molar-refractivity contribution in [1.29, 1.82) is 0 Å². The van der Waals surface area contributed by atoms with Crippen LogP contribution in [-0.4, -0.2) is 9.97 Å². The van der Waals surface area contributed by atoms with E-state index in [1.54, 1.807) is 0 Å². The highest BCUT2D eigenvalue weighted by Crippen LogP contribution is 2.67. The first kappa shape index (κ1) is 16.9. The second kappa shape index (κ2) is 6.15. The smallest absolute Gasteiger partial charge is 0.0894 e. The molecule has 0 N–H and O–H groups in total. The lowest BCUT2D eigenvalue weighted by molar-refractivity contribution is -0.0102. The molecule has 0 spiro atoms. The molecule has 3 aliphatic carbocycles. The molecule has 27 heavy (non-hydrogen) atoms. The average molecular weight is 357 g/mol. The van der Waals surface area contributed by atoms with E-state index in [2.05, 4.69) is 69.3 Å². The van der Waals surface area contributed by atoms with E-state index in [1.807, 2.05) is 0 Å². The van der Waals surface area contributed by atoms with E-state index < -0.39 is 0 Å². The van der Waals surface area contributed by atoms with Crippen LogP contribution in [-0.2, 0) is 0 Å². The number of nitrogens with zero attached hydrogens (tertiary/aromatic N) is 2.